The van der Waals surface area contributed by atoms with Gasteiger partial charge in [0, 0.05) is 38.4 Å². The normalized spacial score (nSPS) is 17.3. The number of aromatic hydroxyl groups is 1. The minimum Gasteiger partial charge on any atom is -0.507 e. The first kappa shape index (κ1) is 21.2. The van der Waals surface area contributed by atoms with E-state index in [4.69, 9.17) is 4.74 Å². The average Bonchev–Trinajstić information content (AvgIpc) is 3.14. The van der Waals surface area contributed by atoms with E-state index in [1.807, 2.05) is 31.2 Å². The number of benzene rings is 3. The molecule has 0 unspecified atom stereocenters. The van der Waals surface area contributed by atoms with Gasteiger partial charge in [0.1, 0.15) is 17.3 Å². The van der Waals surface area contributed by atoms with Gasteiger partial charge in [-0.15, -0.1) is 0 Å². The van der Waals surface area contributed by atoms with Gasteiger partial charge in [-0.3, -0.25) is 9.69 Å². The van der Waals surface area contributed by atoms with Crippen LogP contribution in [0.3, 0.4) is 0 Å². The molecule has 6 heteroatoms. The summed E-state index contributed by atoms with van der Waals surface area (Å²) in [6.45, 7) is 5.64. The molecule has 3 aromatic carbocycles. The quantitative estimate of drug-likeness (QED) is 0.587. The summed E-state index contributed by atoms with van der Waals surface area (Å²) in [7, 11) is 0. The number of aryl methyl sites for hydroxylation is 1. The number of anilines is 1. The third kappa shape index (κ3) is 4.34. The number of hydrogen-bond donors (Lipinski definition) is 1. The second-order valence-corrected chi connectivity index (χ2v) is 8.53. The molecule has 0 aliphatic carbocycles. The van der Waals surface area contributed by atoms with Gasteiger partial charge in [-0.2, -0.15) is 0 Å². The summed E-state index contributed by atoms with van der Waals surface area (Å²) < 4.78 is 19.2. The molecule has 1 N–H and O–H groups in total. The van der Waals surface area contributed by atoms with Crippen LogP contribution in [0.15, 0.2) is 66.4 Å². The number of ether oxygens (including phenoxy) is 1. The minimum absolute atomic E-state index is 0.124. The Morgan fingerprint density at radius 1 is 0.970 bits per heavy atom. The van der Waals surface area contributed by atoms with Crippen LogP contribution in [0.5, 0.6) is 11.5 Å². The van der Waals surface area contributed by atoms with Crippen molar-refractivity contribution < 1.29 is 19.0 Å². The highest BCUT2D eigenvalue weighted by Gasteiger charge is 2.32. The van der Waals surface area contributed by atoms with E-state index in [1.165, 1.54) is 12.1 Å². The Morgan fingerprint density at radius 3 is 2.36 bits per heavy atom. The van der Waals surface area contributed by atoms with Gasteiger partial charge < -0.3 is 14.7 Å². The van der Waals surface area contributed by atoms with Crippen molar-refractivity contribution in [3.63, 3.8) is 0 Å². The Hall–Kier alpha value is -3.64. The Balaban J connectivity index is 1.32. The molecule has 0 saturated carbocycles. The van der Waals surface area contributed by atoms with Gasteiger partial charge in [0.2, 0.25) is 5.78 Å². The highest BCUT2D eigenvalue weighted by atomic mass is 19.1. The smallest absolute Gasteiger partial charge is 0.231 e. The van der Waals surface area contributed by atoms with Crippen molar-refractivity contribution in [2.75, 3.05) is 31.1 Å². The molecule has 0 atom stereocenters. The summed E-state index contributed by atoms with van der Waals surface area (Å²) in [5.41, 5.74) is 4.14. The summed E-state index contributed by atoms with van der Waals surface area (Å²) in [6, 6.07) is 17.6. The maximum absolute atomic E-state index is 13.2. The third-order valence-electron chi connectivity index (χ3n) is 6.24. The van der Waals surface area contributed by atoms with Crippen molar-refractivity contribution in [1.82, 2.24) is 4.90 Å². The predicted molar refractivity (Wildman–Crippen MR) is 126 cm³/mol. The van der Waals surface area contributed by atoms with Crippen LogP contribution >= 0.6 is 0 Å². The number of fused-ring (bicyclic) bond motifs is 1. The Kier molecular flexibility index (Phi) is 5.60. The highest BCUT2D eigenvalue weighted by Crippen LogP contribution is 2.40. The summed E-state index contributed by atoms with van der Waals surface area (Å²) in [6.07, 6.45) is 1.74. The molecule has 0 amide bonds. The highest BCUT2D eigenvalue weighted by molar-refractivity contribution is 6.15. The zero-order valence-corrected chi connectivity index (χ0v) is 18.4. The molecule has 3 aromatic rings. The number of phenolic OH excluding ortho intramolecular Hbond substituents is 1. The van der Waals surface area contributed by atoms with Crippen molar-refractivity contribution in [2.24, 2.45) is 0 Å². The predicted octanol–water partition coefficient (Wildman–Crippen LogP) is 4.78. The van der Waals surface area contributed by atoms with E-state index in [1.54, 1.807) is 30.3 Å². The number of ketones is 1. The van der Waals surface area contributed by atoms with E-state index in [0.29, 0.717) is 23.4 Å². The fourth-order valence-corrected chi connectivity index (χ4v) is 4.30. The van der Waals surface area contributed by atoms with Crippen molar-refractivity contribution in [3.8, 4) is 11.5 Å². The van der Waals surface area contributed by atoms with Crippen LogP contribution < -0.4 is 9.64 Å². The third-order valence-corrected chi connectivity index (χ3v) is 6.24. The second-order valence-electron chi connectivity index (χ2n) is 8.53. The van der Waals surface area contributed by atoms with Crippen LogP contribution in [0.1, 0.15) is 27.0 Å². The molecule has 2 aliphatic heterocycles. The zero-order valence-electron chi connectivity index (χ0n) is 18.4. The molecule has 33 heavy (non-hydrogen) atoms. The SMILES string of the molecule is Cc1ccc(/C=C2\Oc3c(ccc(O)c3CN3CCN(c4ccc(F)cc4)CC3)C2=O)cc1. The molecule has 5 nitrogen and oxygen atoms in total. The van der Waals surface area contributed by atoms with Crippen LogP contribution in [0.25, 0.3) is 6.08 Å². The standard InChI is InChI=1S/C27H25FN2O3/c1-18-2-4-19(5-3-18)16-25-26(32)22-10-11-24(31)23(27(22)33-25)17-29-12-14-30(15-13-29)21-8-6-20(28)7-9-21/h2-11,16,31H,12-15,17H2,1H3/b25-16-. The van der Waals surface area contributed by atoms with Crippen molar-refractivity contribution >= 4 is 17.5 Å². The van der Waals surface area contributed by atoms with Gasteiger partial charge in [0.25, 0.3) is 0 Å². The summed E-state index contributed by atoms with van der Waals surface area (Å²) in [5, 5.41) is 10.6. The first-order valence-electron chi connectivity index (χ1n) is 11.1. The van der Waals surface area contributed by atoms with Crippen molar-refractivity contribution in [2.45, 2.75) is 13.5 Å². The fraction of sp³-hybridized carbons (Fsp3) is 0.222. The first-order chi connectivity index (χ1) is 16.0. The average molecular weight is 445 g/mol. The molecule has 0 aromatic heterocycles. The maximum Gasteiger partial charge on any atom is 0.231 e. The number of halogens is 1. The van der Waals surface area contributed by atoms with E-state index in [9.17, 15) is 14.3 Å². The molecular formula is C27H25FN2O3. The lowest BCUT2D eigenvalue weighted by Gasteiger charge is -2.36. The lowest BCUT2D eigenvalue weighted by molar-refractivity contribution is 0.101. The molecule has 2 heterocycles. The van der Waals surface area contributed by atoms with Crippen LogP contribution in [0, 0.1) is 12.7 Å². The van der Waals surface area contributed by atoms with Gasteiger partial charge in [-0.1, -0.05) is 29.8 Å². The monoisotopic (exact) mass is 444 g/mol. The summed E-state index contributed by atoms with van der Waals surface area (Å²) in [5.74, 6) is 0.421. The Bertz CT molecular complexity index is 1210. The number of piperazine rings is 1. The number of Topliss-reactive ketones (excluding diaryl/α,β-unsaturated/α-hetero) is 1. The molecule has 1 saturated heterocycles. The molecule has 0 radical (unpaired) electrons. The van der Waals surface area contributed by atoms with Gasteiger partial charge in [0.05, 0.1) is 11.1 Å². The molecule has 2 aliphatic rings. The Morgan fingerprint density at radius 2 is 1.67 bits per heavy atom. The number of hydrogen-bond acceptors (Lipinski definition) is 5. The van der Waals surface area contributed by atoms with Crippen LogP contribution in [0.2, 0.25) is 0 Å². The van der Waals surface area contributed by atoms with Gasteiger partial charge >= 0.3 is 0 Å². The number of phenols is 1. The van der Waals surface area contributed by atoms with Crippen molar-refractivity contribution in [1.29, 1.82) is 0 Å². The number of carbonyl (C=O) groups is 1. The van der Waals surface area contributed by atoms with E-state index < -0.39 is 0 Å². The van der Waals surface area contributed by atoms with E-state index >= 15 is 0 Å². The van der Waals surface area contributed by atoms with E-state index in [2.05, 4.69) is 9.80 Å². The van der Waals surface area contributed by atoms with Crippen LogP contribution in [-0.4, -0.2) is 42.0 Å². The van der Waals surface area contributed by atoms with Crippen molar-refractivity contribution in [3.05, 3.63) is 94.5 Å². The maximum atomic E-state index is 13.2. The lowest BCUT2D eigenvalue weighted by atomic mass is 10.0. The second kappa shape index (κ2) is 8.71. The molecule has 168 valence electrons. The molecule has 1 fully saturated rings. The number of nitrogens with zero attached hydrogens (tertiary/aromatic N) is 2. The zero-order chi connectivity index (χ0) is 22.9. The van der Waals surface area contributed by atoms with Gasteiger partial charge in [0.15, 0.2) is 5.76 Å². The largest absolute Gasteiger partial charge is 0.507 e. The molecule has 5 rings (SSSR count). The topological polar surface area (TPSA) is 53.0 Å². The van der Waals surface area contributed by atoms with Crippen LogP contribution in [-0.2, 0) is 6.54 Å². The number of rotatable bonds is 4. The molecule has 0 spiro atoms. The lowest BCUT2D eigenvalue weighted by Crippen LogP contribution is -2.46. The van der Waals surface area contributed by atoms with E-state index in [-0.39, 0.29) is 23.1 Å². The van der Waals surface area contributed by atoms with E-state index in [0.717, 1.165) is 43.0 Å². The summed E-state index contributed by atoms with van der Waals surface area (Å²) in [4.78, 5) is 17.4. The minimum atomic E-state index is -0.240. The molecular weight excluding hydrogens is 419 g/mol. The molecule has 0 bridgehead atoms. The fourth-order valence-electron chi connectivity index (χ4n) is 4.30. The first-order valence-corrected chi connectivity index (χ1v) is 11.1. The van der Waals surface area contributed by atoms with Gasteiger partial charge in [-0.05, 0) is 55.0 Å². The number of carbonyl (C=O) groups excluding carboxylic acids is 1. The van der Waals surface area contributed by atoms with Gasteiger partial charge in [-0.25, -0.2) is 4.39 Å². The van der Waals surface area contributed by atoms with Crippen LogP contribution in [0.4, 0.5) is 10.1 Å². The number of allylic oxidation sites excluding steroid dienone is 1. The Labute approximate surface area is 192 Å². The summed E-state index contributed by atoms with van der Waals surface area (Å²) >= 11 is 0.